The maximum atomic E-state index is 13.7. The van der Waals surface area contributed by atoms with E-state index in [4.69, 9.17) is 16.0 Å². The van der Waals surface area contributed by atoms with Crippen molar-refractivity contribution in [2.75, 3.05) is 5.32 Å². The molecule has 21 heavy (non-hydrogen) atoms. The van der Waals surface area contributed by atoms with Crippen molar-refractivity contribution in [3.05, 3.63) is 58.4 Å². The van der Waals surface area contributed by atoms with Crippen LogP contribution in [-0.2, 0) is 0 Å². The molecule has 0 unspecified atom stereocenters. The van der Waals surface area contributed by atoms with E-state index in [9.17, 15) is 9.18 Å². The fourth-order valence-electron chi connectivity index (χ4n) is 1.71. The Hall–Kier alpha value is -2.18. The van der Waals surface area contributed by atoms with Gasteiger partial charge in [0.2, 0.25) is 0 Å². The molecule has 0 spiro atoms. The number of hydrogen-bond acceptors (Lipinski definition) is 4. The number of anilines is 1. The quantitative estimate of drug-likeness (QED) is 0.775. The second-order valence-electron chi connectivity index (χ2n) is 4.09. The molecule has 0 atom stereocenters. The summed E-state index contributed by atoms with van der Waals surface area (Å²) in [5.41, 5.74) is 0.519. The number of amides is 1. The maximum Gasteiger partial charge on any atom is 0.260 e. The van der Waals surface area contributed by atoms with Crippen molar-refractivity contribution in [3.8, 4) is 11.5 Å². The zero-order valence-electron chi connectivity index (χ0n) is 10.5. The summed E-state index contributed by atoms with van der Waals surface area (Å²) in [6.07, 6.45) is 1.54. The fourth-order valence-corrected chi connectivity index (χ4v) is 2.56. The maximum absolute atomic E-state index is 13.7. The molecule has 7 heteroatoms. The molecule has 4 nitrogen and oxygen atoms in total. The lowest BCUT2D eigenvalue weighted by Crippen LogP contribution is -2.13. The number of carbonyl (C=O) groups excluding carboxylic acids is 1. The van der Waals surface area contributed by atoms with Gasteiger partial charge in [0, 0.05) is 10.4 Å². The molecular formula is C14H8ClFN2O2S. The van der Waals surface area contributed by atoms with E-state index < -0.39 is 11.7 Å². The zero-order valence-corrected chi connectivity index (χ0v) is 12.0. The summed E-state index contributed by atoms with van der Waals surface area (Å²) < 4.78 is 18.9. The van der Waals surface area contributed by atoms with E-state index in [0.717, 1.165) is 6.07 Å². The second kappa shape index (κ2) is 5.67. The van der Waals surface area contributed by atoms with E-state index in [1.54, 1.807) is 17.5 Å². The van der Waals surface area contributed by atoms with E-state index in [1.165, 1.54) is 29.7 Å². The molecule has 2 heterocycles. The van der Waals surface area contributed by atoms with Gasteiger partial charge in [-0.2, -0.15) is 0 Å². The fraction of sp³-hybridized carbons (Fsp3) is 0. The van der Waals surface area contributed by atoms with Crippen LogP contribution < -0.4 is 5.32 Å². The normalized spacial score (nSPS) is 10.6. The topological polar surface area (TPSA) is 55.1 Å². The summed E-state index contributed by atoms with van der Waals surface area (Å²) >= 11 is 6.88. The van der Waals surface area contributed by atoms with Crippen molar-refractivity contribution >= 4 is 34.0 Å². The smallest absolute Gasteiger partial charge is 0.260 e. The van der Waals surface area contributed by atoms with Gasteiger partial charge in [-0.1, -0.05) is 11.6 Å². The number of rotatable bonds is 3. The Morgan fingerprint density at radius 1 is 1.38 bits per heavy atom. The molecule has 0 saturated heterocycles. The van der Waals surface area contributed by atoms with Gasteiger partial charge in [0.15, 0.2) is 10.9 Å². The van der Waals surface area contributed by atoms with Crippen LogP contribution >= 0.6 is 22.9 Å². The van der Waals surface area contributed by atoms with E-state index in [0.29, 0.717) is 16.6 Å². The first kappa shape index (κ1) is 13.8. The van der Waals surface area contributed by atoms with Gasteiger partial charge < -0.3 is 4.42 Å². The summed E-state index contributed by atoms with van der Waals surface area (Å²) in [5, 5.41) is 4.88. The van der Waals surface area contributed by atoms with Crippen molar-refractivity contribution < 1.29 is 13.6 Å². The van der Waals surface area contributed by atoms with Gasteiger partial charge in [0.05, 0.1) is 11.8 Å². The van der Waals surface area contributed by atoms with Crippen molar-refractivity contribution in [2.24, 2.45) is 0 Å². The summed E-state index contributed by atoms with van der Waals surface area (Å²) in [6, 6.07) is 7.38. The molecule has 1 amide bonds. The highest BCUT2D eigenvalue weighted by atomic mass is 35.5. The first-order valence-corrected chi connectivity index (χ1v) is 7.15. The molecular weight excluding hydrogens is 315 g/mol. The first-order valence-electron chi connectivity index (χ1n) is 5.89. The number of thiazole rings is 1. The minimum atomic E-state index is -0.678. The predicted octanol–water partition coefficient (Wildman–Crippen LogP) is 4.45. The van der Waals surface area contributed by atoms with E-state index in [1.807, 2.05) is 0 Å². The number of nitrogens with zero attached hydrogens (tertiary/aromatic N) is 1. The van der Waals surface area contributed by atoms with Crippen LogP contribution in [-0.4, -0.2) is 10.9 Å². The van der Waals surface area contributed by atoms with Crippen LogP contribution in [0.2, 0.25) is 5.02 Å². The lowest BCUT2D eigenvalue weighted by Gasteiger charge is -2.03. The average Bonchev–Trinajstić information content (AvgIpc) is 3.08. The van der Waals surface area contributed by atoms with Crippen molar-refractivity contribution in [1.82, 2.24) is 4.98 Å². The van der Waals surface area contributed by atoms with Crippen LogP contribution in [0.4, 0.5) is 9.52 Å². The van der Waals surface area contributed by atoms with E-state index >= 15 is 0 Å². The molecule has 106 valence electrons. The number of hydrogen-bond donors (Lipinski definition) is 1. The highest BCUT2D eigenvalue weighted by molar-refractivity contribution is 7.14. The average molecular weight is 323 g/mol. The number of benzene rings is 1. The number of furan rings is 1. The van der Waals surface area contributed by atoms with Crippen molar-refractivity contribution in [1.29, 1.82) is 0 Å². The van der Waals surface area contributed by atoms with Gasteiger partial charge in [0.25, 0.3) is 5.91 Å². The Kier molecular flexibility index (Phi) is 3.72. The summed E-state index contributed by atoms with van der Waals surface area (Å²) in [6.45, 7) is 0. The zero-order chi connectivity index (χ0) is 14.8. The molecule has 0 aliphatic rings. The molecule has 2 aromatic heterocycles. The van der Waals surface area contributed by atoms with Gasteiger partial charge in [-0.3, -0.25) is 10.1 Å². The first-order chi connectivity index (χ1) is 10.1. The molecule has 3 aromatic rings. The lowest BCUT2D eigenvalue weighted by atomic mass is 10.2. The highest BCUT2D eigenvalue weighted by Gasteiger charge is 2.14. The van der Waals surface area contributed by atoms with Crippen LogP contribution in [0.15, 0.2) is 46.4 Å². The van der Waals surface area contributed by atoms with Gasteiger partial charge >= 0.3 is 0 Å². The molecule has 3 rings (SSSR count). The van der Waals surface area contributed by atoms with Crippen molar-refractivity contribution in [3.63, 3.8) is 0 Å². The Bertz CT molecular complexity index is 786. The molecule has 0 aliphatic heterocycles. The lowest BCUT2D eigenvalue weighted by molar-refractivity contribution is 0.102. The molecule has 1 N–H and O–H groups in total. The van der Waals surface area contributed by atoms with Crippen LogP contribution in [0.25, 0.3) is 11.5 Å². The molecule has 0 bridgehead atoms. The van der Waals surface area contributed by atoms with Gasteiger partial charge in [0.1, 0.15) is 11.5 Å². The summed E-state index contributed by atoms with van der Waals surface area (Å²) in [7, 11) is 0. The summed E-state index contributed by atoms with van der Waals surface area (Å²) in [4.78, 5) is 16.2. The number of aromatic nitrogens is 1. The molecule has 1 aromatic carbocycles. The Morgan fingerprint density at radius 2 is 2.24 bits per heavy atom. The third-order valence-corrected chi connectivity index (χ3v) is 3.67. The number of carbonyl (C=O) groups is 1. The Labute approximate surface area is 128 Å². The molecule has 0 fully saturated rings. The van der Waals surface area contributed by atoms with E-state index in [-0.39, 0.29) is 10.6 Å². The Morgan fingerprint density at radius 3 is 2.95 bits per heavy atom. The minimum absolute atomic E-state index is 0.0888. The SMILES string of the molecule is O=C(Nc1nc(-c2ccco2)cs1)c1ccc(Cl)cc1F. The number of halogens is 2. The van der Waals surface area contributed by atoms with Crippen LogP contribution in [0, 0.1) is 5.82 Å². The predicted molar refractivity (Wildman–Crippen MR) is 79.2 cm³/mol. The minimum Gasteiger partial charge on any atom is -0.463 e. The van der Waals surface area contributed by atoms with E-state index in [2.05, 4.69) is 10.3 Å². The highest BCUT2D eigenvalue weighted by Crippen LogP contribution is 2.25. The molecule has 0 radical (unpaired) electrons. The monoisotopic (exact) mass is 322 g/mol. The van der Waals surface area contributed by atoms with Gasteiger partial charge in [-0.25, -0.2) is 9.37 Å². The molecule has 0 saturated carbocycles. The van der Waals surface area contributed by atoms with Gasteiger partial charge in [-0.05, 0) is 30.3 Å². The third-order valence-electron chi connectivity index (χ3n) is 2.67. The largest absolute Gasteiger partial charge is 0.463 e. The van der Waals surface area contributed by atoms with Crippen LogP contribution in [0.1, 0.15) is 10.4 Å². The number of nitrogens with one attached hydrogen (secondary N) is 1. The van der Waals surface area contributed by atoms with Crippen LogP contribution in [0.3, 0.4) is 0 Å². The van der Waals surface area contributed by atoms with Crippen LogP contribution in [0.5, 0.6) is 0 Å². The standard InChI is InChI=1S/C14H8ClFN2O2S/c15-8-3-4-9(10(16)6-8)13(19)18-14-17-11(7-21-14)12-2-1-5-20-12/h1-7H,(H,17,18,19). The molecule has 0 aliphatic carbocycles. The third kappa shape index (κ3) is 2.96. The van der Waals surface area contributed by atoms with Gasteiger partial charge in [-0.15, -0.1) is 11.3 Å². The second-order valence-corrected chi connectivity index (χ2v) is 5.39. The summed E-state index contributed by atoms with van der Waals surface area (Å²) in [5.74, 6) is -0.656. The Balaban J connectivity index is 1.79. The van der Waals surface area contributed by atoms with Crippen molar-refractivity contribution in [2.45, 2.75) is 0 Å².